The van der Waals surface area contributed by atoms with Crippen LogP contribution in [0.15, 0.2) is 42.3 Å². The van der Waals surface area contributed by atoms with E-state index in [0.717, 1.165) is 5.56 Å². The van der Waals surface area contributed by atoms with Crippen molar-refractivity contribution in [2.24, 2.45) is 5.73 Å². The molecule has 0 aliphatic rings. The van der Waals surface area contributed by atoms with Crippen LogP contribution in [-0.2, 0) is 6.67 Å². The molecule has 1 aromatic rings. The zero-order valence-corrected chi connectivity index (χ0v) is 7.65. The van der Waals surface area contributed by atoms with Crippen LogP contribution >= 0.6 is 0 Å². The van der Waals surface area contributed by atoms with Gasteiger partial charge in [0.05, 0.1) is 0 Å². The first kappa shape index (κ1) is 10.3. The third kappa shape index (κ3) is 2.94. The Hall–Kier alpha value is -1.77. The van der Waals surface area contributed by atoms with Gasteiger partial charge in [0.25, 0.3) is 0 Å². The van der Waals surface area contributed by atoms with Gasteiger partial charge in [0.2, 0.25) is 0 Å². The molecule has 3 heteroatoms. The first-order valence-corrected chi connectivity index (χ1v) is 4.20. The van der Waals surface area contributed by atoms with E-state index in [0.29, 0.717) is 5.56 Å². The highest BCUT2D eigenvalue weighted by atomic mass is 19.1. The van der Waals surface area contributed by atoms with Gasteiger partial charge in [-0.05, 0) is 35.5 Å². The molecule has 0 saturated carbocycles. The molecule has 2 nitrogen and oxygen atoms in total. The number of alkyl halides is 1. The van der Waals surface area contributed by atoms with Crippen molar-refractivity contribution in [3.63, 3.8) is 0 Å². The Labute approximate surface area is 82.2 Å². The van der Waals surface area contributed by atoms with Crippen molar-refractivity contribution in [3.05, 3.63) is 53.4 Å². The van der Waals surface area contributed by atoms with Gasteiger partial charge in [0, 0.05) is 0 Å². The number of allylic oxidation sites excluding steroid dienone is 1. The van der Waals surface area contributed by atoms with Gasteiger partial charge >= 0.3 is 0 Å². The van der Waals surface area contributed by atoms with E-state index in [2.05, 4.69) is 0 Å². The molecule has 0 aliphatic carbocycles. The molecule has 0 aliphatic heterocycles. The average molecular weight is 193 g/mol. The van der Waals surface area contributed by atoms with Crippen LogP contribution < -0.4 is 5.73 Å². The van der Waals surface area contributed by atoms with Crippen molar-refractivity contribution in [2.45, 2.75) is 6.67 Å². The van der Waals surface area contributed by atoms with E-state index in [1.54, 1.807) is 24.3 Å². The number of hydrogen-bond acceptors (Lipinski definition) is 2. The summed E-state index contributed by atoms with van der Waals surface area (Å²) in [7, 11) is 0. The maximum absolute atomic E-state index is 12.3. The highest BCUT2D eigenvalue weighted by Gasteiger charge is 1.93. The van der Waals surface area contributed by atoms with E-state index >= 15 is 0 Å². The van der Waals surface area contributed by atoms with Crippen molar-refractivity contribution < 1.29 is 9.50 Å². The van der Waals surface area contributed by atoms with Crippen LogP contribution in [0.1, 0.15) is 11.1 Å². The molecule has 0 bridgehead atoms. The third-order valence-corrected chi connectivity index (χ3v) is 1.69. The van der Waals surface area contributed by atoms with E-state index < -0.39 is 6.67 Å². The Kier molecular flexibility index (Phi) is 3.73. The minimum absolute atomic E-state index is 0.0449. The summed E-state index contributed by atoms with van der Waals surface area (Å²) in [6.45, 7) is -0.505. The summed E-state index contributed by atoms with van der Waals surface area (Å²) in [6.07, 6.45) is 4.12. The summed E-state index contributed by atoms with van der Waals surface area (Å²) in [5.74, 6) is 0.0449. The zero-order valence-electron chi connectivity index (χ0n) is 7.65. The van der Waals surface area contributed by atoms with Crippen molar-refractivity contribution >= 4 is 6.08 Å². The molecule has 1 aromatic carbocycles. The molecule has 0 radical (unpaired) electrons. The normalized spacial score (nSPS) is 12.2. The van der Waals surface area contributed by atoms with Crippen LogP contribution in [0.4, 0.5) is 4.39 Å². The Morgan fingerprint density at radius 2 is 2.29 bits per heavy atom. The first-order chi connectivity index (χ1) is 6.76. The molecule has 14 heavy (non-hydrogen) atoms. The second-order valence-electron chi connectivity index (χ2n) is 2.81. The number of benzene rings is 1. The molecule has 0 atom stereocenters. The van der Waals surface area contributed by atoms with Crippen LogP contribution in [-0.4, -0.2) is 5.11 Å². The monoisotopic (exact) mass is 193 g/mol. The van der Waals surface area contributed by atoms with Crippen molar-refractivity contribution in [1.82, 2.24) is 0 Å². The van der Waals surface area contributed by atoms with Gasteiger partial charge in [-0.3, -0.25) is 0 Å². The minimum atomic E-state index is -0.505. The van der Waals surface area contributed by atoms with Crippen molar-refractivity contribution in [1.29, 1.82) is 0 Å². The molecule has 0 fully saturated rings. The average Bonchev–Trinajstić information content (AvgIpc) is 2.18. The lowest BCUT2D eigenvalue weighted by molar-refractivity contribution is 0.437. The van der Waals surface area contributed by atoms with Crippen molar-refractivity contribution in [2.75, 3.05) is 0 Å². The number of hydrogen-bond donors (Lipinski definition) is 2. The third-order valence-electron chi connectivity index (χ3n) is 1.69. The lowest BCUT2D eigenvalue weighted by atomic mass is 10.1. The molecule has 0 spiro atoms. The largest absolute Gasteiger partial charge is 0.508 e. The quantitative estimate of drug-likeness (QED) is 0.572. The number of rotatable bonds is 3. The second-order valence-corrected chi connectivity index (χ2v) is 2.81. The topological polar surface area (TPSA) is 46.2 Å². The molecule has 0 saturated heterocycles. The first-order valence-electron chi connectivity index (χ1n) is 4.20. The molecule has 0 aromatic heterocycles. The highest BCUT2D eigenvalue weighted by molar-refractivity contribution is 5.54. The lowest BCUT2D eigenvalue weighted by Crippen LogP contribution is -1.83. The summed E-state index contributed by atoms with van der Waals surface area (Å²) in [4.78, 5) is 0. The van der Waals surface area contributed by atoms with Gasteiger partial charge in [-0.2, -0.15) is 0 Å². The Morgan fingerprint density at radius 3 is 2.93 bits per heavy atom. The molecule has 0 heterocycles. The van der Waals surface area contributed by atoms with E-state index in [9.17, 15) is 9.50 Å². The maximum atomic E-state index is 12.3. The number of nitrogens with two attached hydrogens (primary N) is 1. The van der Waals surface area contributed by atoms with Gasteiger partial charge in [0.15, 0.2) is 0 Å². The van der Waals surface area contributed by atoms with Gasteiger partial charge in [-0.1, -0.05) is 18.2 Å². The fourth-order valence-corrected chi connectivity index (χ4v) is 1.08. The van der Waals surface area contributed by atoms with Crippen molar-refractivity contribution in [3.8, 4) is 0 Å². The minimum Gasteiger partial charge on any atom is -0.508 e. The standard InChI is InChI=1S/C11H12FNO/c12-8-10-3-1-2-9(6-10)7-11(14)4-5-13/h1-7,14H,8,13H2/b5-4+,11-7+. The van der Waals surface area contributed by atoms with Gasteiger partial charge in [-0.15, -0.1) is 0 Å². The molecular formula is C11H12FNO. The zero-order chi connectivity index (χ0) is 10.4. The molecule has 0 amide bonds. The molecule has 1 rings (SSSR count). The number of aliphatic hydroxyl groups excluding tert-OH is 1. The Morgan fingerprint density at radius 1 is 1.50 bits per heavy atom. The summed E-state index contributed by atoms with van der Waals surface area (Å²) < 4.78 is 12.3. The van der Waals surface area contributed by atoms with Crippen LogP contribution in [0.3, 0.4) is 0 Å². The summed E-state index contributed by atoms with van der Waals surface area (Å²) >= 11 is 0. The van der Waals surface area contributed by atoms with E-state index in [1.165, 1.54) is 18.4 Å². The summed E-state index contributed by atoms with van der Waals surface area (Å²) in [5, 5.41) is 9.27. The Balaban J connectivity index is 2.91. The van der Waals surface area contributed by atoms with Crippen LogP contribution in [0, 0.1) is 0 Å². The maximum Gasteiger partial charge on any atom is 0.117 e. The molecule has 3 N–H and O–H groups in total. The highest BCUT2D eigenvalue weighted by Crippen LogP contribution is 2.10. The Bertz CT molecular complexity index is 358. The van der Waals surface area contributed by atoms with Crippen LogP contribution in [0.2, 0.25) is 0 Å². The number of aliphatic hydroxyl groups is 1. The van der Waals surface area contributed by atoms with Gasteiger partial charge < -0.3 is 10.8 Å². The second kappa shape index (κ2) is 5.07. The fraction of sp³-hybridized carbons (Fsp3) is 0.0909. The molecule has 0 unspecified atom stereocenters. The van der Waals surface area contributed by atoms with Crippen LogP contribution in [0.25, 0.3) is 6.08 Å². The number of halogens is 1. The van der Waals surface area contributed by atoms with Crippen LogP contribution in [0.5, 0.6) is 0 Å². The molecule has 74 valence electrons. The summed E-state index contributed by atoms with van der Waals surface area (Å²) in [5.41, 5.74) is 6.43. The SMILES string of the molecule is N/C=C/C(O)=C\c1cccc(CF)c1. The smallest absolute Gasteiger partial charge is 0.117 e. The van der Waals surface area contributed by atoms with E-state index in [1.807, 2.05) is 0 Å². The van der Waals surface area contributed by atoms with Gasteiger partial charge in [-0.25, -0.2) is 4.39 Å². The predicted octanol–water partition coefficient (Wildman–Crippen LogP) is 2.53. The van der Waals surface area contributed by atoms with E-state index in [4.69, 9.17) is 5.73 Å². The van der Waals surface area contributed by atoms with E-state index in [-0.39, 0.29) is 5.76 Å². The molecular weight excluding hydrogens is 181 g/mol. The summed E-state index contributed by atoms with van der Waals surface area (Å²) in [6, 6.07) is 6.87. The predicted molar refractivity (Wildman–Crippen MR) is 55.2 cm³/mol. The fourth-order valence-electron chi connectivity index (χ4n) is 1.08. The van der Waals surface area contributed by atoms with Gasteiger partial charge in [0.1, 0.15) is 12.4 Å². The lowest BCUT2D eigenvalue weighted by Gasteiger charge is -1.97.